The molecule has 4 rings (SSSR count). The minimum Gasteiger partial charge on any atom is -0.327 e. The second-order valence-corrected chi connectivity index (χ2v) is 7.02. The van der Waals surface area contributed by atoms with Crippen LogP contribution >= 0.6 is 11.3 Å². The minimum absolute atomic E-state index is 0.279. The Balaban J connectivity index is 1.78. The molecule has 0 saturated carbocycles. The molecule has 0 aromatic carbocycles. The lowest BCUT2D eigenvalue weighted by Crippen LogP contribution is -1.98. The van der Waals surface area contributed by atoms with Gasteiger partial charge in [0.2, 0.25) is 0 Å². The summed E-state index contributed by atoms with van der Waals surface area (Å²) in [6.07, 6.45) is 6.95. The van der Waals surface area contributed by atoms with Crippen LogP contribution < -0.4 is 0 Å². The number of aryl methyl sites for hydroxylation is 1. The topological polar surface area (TPSA) is 47.8 Å². The van der Waals surface area contributed by atoms with Gasteiger partial charge in [-0.1, -0.05) is 6.92 Å². The zero-order valence-corrected chi connectivity index (χ0v) is 14.5. The molecule has 0 radical (unpaired) electrons. The first-order valence-corrected chi connectivity index (χ1v) is 9.23. The van der Waals surface area contributed by atoms with Crippen LogP contribution in [0.1, 0.15) is 31.2 Å². The number of thiophene rings is 1. The highest BCUT2D eigenvalue weighted by Crippen LogP contribution is 2.38. The molecule has 0 amide bonds. The van der Waals surface area contributed by atoms with Gasteiger partial charge in [0.15, 0.2) is 0 Å². The summed E-state index contributed by atoms with van der Waals surface area (Å²) in [6, 6.07) is 6.21. The van der Waals surface area contributed by atoms with Crippen molar-refractivity contribution in [2.45, 2.75) is 39.2 Å². The fraction of sp³-hybridized carbons (Fsp3) is 0.316. The molecule has 122 valence electrons. The van der Waals surface area contributed by atoms with Gasteiger partial charge in [-0.2, -0.15) is 0 Å². The van der Waals surface area contributed by atoms with Crippen LogP contribution in [0.4, 0.5) is 0 Å². The molecular weight excluding hydrogens is 318 g/mol. The summed E-state index contributed by atoms with van der Waals surface area (Å²) >= 11 is 1.68. The van der Waals surface area contributed by atoms with E-state index in [1.807, 2.05) is 31.5 Å². The van der Waals surface area contributed by atoms with E-state index in [9.17, 15) is 4.79 Å². The van der Waals surface area contributed by atoms with Gasteiger partial charge in [0.25, 0.3) is 0 Å². The lowest BCUT2D eigenvalue weighted by molar-refractivity contribution is -0.118. The van der Waals surface area contributed by atoms with Crippen molar-refractivity contribution in [2.24, 2.45) is 0 Å². The maximum absolute atomic E-state index is 11.7. The van der Waals surface area contributed by atoms with Gasteiger partial charge in [-0.15, -0.1) is 11.3 Å². The van der Waals surface area contributed by atoms with Crippen molar-refractivity contribution in [3.05, 3.63) is 47.4 Å². The monoisotopic (exact) mass is 337 g/mol. The Morgan fingerprint density at radius 1 is 1.33 bits per heavy atom. The third-order valence-electron chi connectivity index (χ3n) is 4.47. The first kappa shape index (κ1) is 15.3. The van der Waals surface area contributed by atoms with E-state index in [0.717, 1.165) is 46.9 Å². The van der Waals surface area contributed by atoms with Crippen molar-refractivity contribution in [1.82, 2.24) is 14.5 Å². The Kier molecular flexibility index (Phi) is 4.02. The van der Waals surface area contributed by atoms with Crippen LogP contribution in [-0.4, -0.2) is 20.3 Å². The van der Waals surface area contributed by atoms with E-state index in [1.165, 1.54) is 5.69 Å². The standard InChI is InChI=1S/C19H19N3OS/c1-2-15(23)10-13-11-16(24-12-13)18-19(14-5-7-20-8-6-14)22-9-3-4-17(22)21-18/h5-8,11-12H,2-4,9-10H2,1H3. The van der Waals surface area contributed by atoms with E-state index in [0.29, 0.717) is 12.8 Å². The number of ketones is 1. The summed E-state index contributed by atoms with van der Waals surface area (Å²) in [7, 11) is 0. The van der Waals surface area contributed by atoms with E-state index in [1.54, 1.807) is 11.3 Å². The Bertz CT molecular complexity index is 879. The van der Waals surface area contributed by atoms with Crippen LogP contribution in [0.3, 0.4) is 0 Å². The van der Waals surface area contributed by atoms with Crippen LogP contribution in [0.25, 0.3) is 21.8 Å². The molecule has 3 aromatic heterocycles. The summed E-state index contributed by atoms with van der Waals surface area (Å²) in [6.45, 7) is 2.93. The first-order valence-electron chi connectivity index (χ1n) is 8.35. The molecule has 4 heterocycles. The van der Waals surface area contributed by atoms with Gasteiger partial charge >= 0.3 is 0 Å². The average molecular weight is 337 g/mol. The van der Waals surface area contributed by atoms with Crippen LogP contribution in [-0.2, 0) is 24.2 Å². The fourth-order valence-electron chi connectivity index (χ4n) is 3.25. The van der Waals surface area contributed by atoms with Crippen LogP contribution in [0, 0.1) is 0 Å². The third kappa shape index (κ3) is 2.69. The molecule has 3 aromatic rings. The maximum Gasteiger partial charge on any atom is 0.137 e. The second-order valence-electron chi connectivity index (χ2n) is 6.10. The molecule has 0 spiro atoms. The highest BCUT2D eigenvalue weighted by Gasteiger charge is 2.24. The molecule has 4 nitrogen and oxygen atoms in total. The summed E-state index contributed by atoms with van der Waals surface area (Å²) in [5, 5.41) is 2.09. The first-order chi connectivity index (χ1) is 11.8. The second kappa shape index (κ2) is 6.32. The maximum atomic E-state index is 11.7. The number of rotatable bonds is 5. The predicted octanol–water partition coefficient (Wildman–Crippen LogP) is 4.14. The summed E-state index contributed by atoms with van der Waals surface area (Å²) in [4.78, 5) is 21.9. The van der Waals surface area contributed by atoms with Crippen molar-refractivity contribution in [2.75, 3.05) is 0 Å². The van der Waals surface area contributed by atoms with E-state index >= 15 is 0 Å². The third-order valence-corrected chi connectivity index (χ3v) is 5.45. The van der Waals surface area contributed by atoms with Crippen molar-refractivity contribution >= 4 is 17.1 Å². The Morgan fingerprint density at radius 3 is 2.96 bits per heavy atom. The highest BCUT2D eigenvalue weighted by molar-refractivity contribution is 7.13. The number of nitrogens with zero attached hydrogens (tertiary/aromatic N) is 3. The molecule has 0 unspecified atom stereocenters. The molecule has 1 aliphatic rings. The average Bonchev–Trinajstić information content (AvgIpc) is 3.30. The Hall–Kier alpha value is -2.27. The van der Waals surface area contributed by atoms with E-state index in [4.69, 9.17) is 4.98 Å². The van der Waals surface area contributed by atoms with E-state index in [-0.39, 0.29) is 5.78 Å². The van der Waals surface area contributed by atoms with Gasteiger partial charge in [0.1, 0.15) is 17.3 Å². The largest absolute Gasteiger partial charge is 0.327 e. The molecule has 0 atom stereocenters. The molecule has 5 heteroatoms. The number of hydrogen-bond acceptors (Lipinski definition) is 4. The van der Waals surface area contributed by atoms with Gasteiger partial charge < -0.3 is 4.57 Å². The SMILES string of the molecule is CCC(=O)Cc1csc(-c2nc3n(c2-c2ccncc2)CCC3)c1. The number of carbonyl (C=O) groups excluding carboxylic acids is 1. The van der Waals surface area contributed by atoms with Crippen LogP contribution in [0.5, 0.6) is 0 Å². The molecular formula is C19H19N3OS. The minimum atomic E-state index is 0.279. The van der Waals surface area contributed by atoms with Crippen molar-refractivity contribution in [3.8, 4) is 21.8 Å². The number of Topliss-reactive ketones (excluding diaryl/α,β-unsaturated/α-hetero) is 1. The van der Waals surface area contributed by atoms with Gasteiger partial charge in [-0.25, -0.2) is 4.98 Å². The van der Waals surface area contributed by atoms with Crippen molar-refractivity contribution in [1.29, 1.82) is 0 Å². The smallest absolute Gasteiger partial charge is 0.137 e. The quantitative estimate of drug-likeness (QED) is 0.703. The predicted molar refractivity (Wildman–Crippen MR) is 96.1 cm³/mol. The zero-order chi connectivity index (χ0) is 16.5. The normalized spacial score (nSPS) is 13.2. The molecule has 0 N–H and O–H groups in total. The van der Waals surface area contributed by atoms with Crippen LogP contribution in [0.15, 0.2) is 36.0 Å². The molecule has 0 bridgehead atoms. The number of fused-ring (bicyclic) bond motifs is 1. The highest BCUT2D eigenvalue weighted by atomic mass is 32.1. The molecule has 0 aliphatic carbocycles. The van der Waals surface area contributed by atoms with Gasteiger partial charge in [-0.05, 0) is 35.6 Å². The number of imidazole rings is 1. The van der Waals surface area contributed by atoms with Crippen molar-refractivity contribution in [3.63, 3.8) is 0 Å². The number of aromatic nitrogens is 3. The summed E-state index contributed by atoms with van der Waals surface area (Å²) in [5.41, 5.74) is 4.46. The molecule has 24 heavy (non-hydrogen) atoms. The van der Waals surface area contributed by atoms with Crippen LogP contribution in [0.2, 0.25) is 0 Å². The number of carbonyl (C=O) groups is 1. The zero-order valence-electron chi connectivity index (χ0n) is 13.7. The lowest BCUT2D eigenvalue weighted by atomic mass is 10.1. The van der Waals surface area contributed by atoms with E-state index < -0.39 is 0 Å². The number of pyridine rings is 1. The number of hydrogen-bond donors (Lipinski definition) is 0. The summed E-state index contributed by atoms with van der Waals surface area (Å²) < 4.78 is 2.33. The van der Waals surface area contributed by atoms with E-state index in [2.05, 4.69) is 21.0 Å². The molecule has 0 fully saturated rings. The van der Waals surface area contributed by atoms with Crippen molar-refractivity contribution < 1.29 is 4.79 Å². The fourth-order valence-corrected chi connectivity index (χ4v) is 4.15. The molecule has 0 saturated heterocycles. The summed E-state index contributed by atoms with van der Waals surface area (Å²) in [5.74, 6) is 1.44. The van der Waals surface area contributed by atoms with Gasteiger partial charge in [0, 0.05) is 43.8 Å². The lowest BCUT2D eigenvalue weighted by Gasteiger charge is -2.07. The van der Waals surface area contributed by atoms with Gasteiger partial charge in [-0.3, -0.25) is 9.78 Å². The molecule has 1 aliphatic heterocycles. The Labute approximate surface area is 145 Å². The Morgan fingerprint density at radius 2 is 2.17 bits per heavy atom. The van der Waals surface area contributed by atoms with Gasteiger partial charge in [0.05, 0.1) is 10.6 Å².